The monoisotopic (exact) mass is 499 g/mol. The summed E-state index contributed by atoms with van der Waals surface area (Å²) in [7, 11) is 0. The minimum absolute atomic E-state index is 0.0418. The topological polar surface area (TPSA) is 74.6 Å². The smallest absolute Gasteiger partial charge is 0.266 e. The zero-order valence-corrected chi connectivity index (χ0v) is 19.1. The Morgan fingerprint density at radius 3 is 2.51 bits per heavy atom. The Bertz CT molecular complexity index is 1480. The number of hydrogen-bond donors (Lipinski definition) is 2. The van der Waals surface area contributed by atoms with Gasteiger partial charge in [0.25, 0.3) is 11.5 Å². The van der Waals surface area contributed by atoms with Gasteiger partial charge in [-0.2, -0.15) is 0 Å². The standard InChI is InChI=1S/C25H20F3N3O3S/c26-14-3-6-16(7-4-14)31-21(33)10-8-18-22(29-20-9-5-15(27)12-19(20)28)23(35-25(18)31)24(34)30-11-1-2-17(30)13-32/h3-10,12,17,29,32H,1-2,11,13H2/t17-/m1/s1. The first-order valence-electron chi connectivity index (χ1n) is 11.0. The molecule has 35 heavy (non-hydrogen) atoms. The molecule has 4 aromatic rings. The van der Waals surface area contributed by atoms with E-state index in [4.69, 9.17) is 0 Å². The molecule has 2 aromatic carbocycles. The van der Waals surface area contributed by atoms with Crippen LogP contribution in [0.1, 0.15) is 22.5 Å². The number of amides is 1. The van der Waals surface area contributed by atoms with E-state index in [1.165, 1.54) is 47.0 Å². The largest absolute Gasteiger partial charge is 0.394 e. The van der Waals surface area contributed by atoms with Crippen molar-refractivity contribution in [2.75, 3.05) is 18.5 Å². The number of nitrogens with one attached hydrogen (secondary N) is 1. The highest BCUT2D eigenvalue weighted by Crippen LogP contribution is 2.40. The number of pyridine rings is 1. The fraction of sp³-hybridized carbons (Fsp3) is 0.200. The Morgan fingerprint density at radius 2 is 1.80 bits per heavy atom. The maximum absolute atomic E-state index is 14.5. The summed E-state index contributed by atoms with van der Waals surface area (Å²) in [5, 5.41) is 13.1. The molecule has 1 saturated heterocycles. The number of nitrogens with zero attached hydrogens (tertiary/aromatic N) is 2. The third-order valence-electron chi connectivity index (χ3n) is 6.06. The van der Waals surface area contributed by atoms with Crippen molar-refractivity contribution in [3.05, 3.63) is 87.3 Å². The zero-order chi connectivity index (χ0) is 24.7. The quantitative estimate of drug-likeness (QED) is 0.413. The van der Waals surface area contributed by atoms with E-state index in [1.807, 2.05) is 0 Å². The van der Waals surface area contributed by atoms with E-state index in [-0.39, 0.29) is 34.8 Å². The number of aliphatic hydroxyl groups excluding tert-OH is 1. The van der Waals surface area contributed by atoms with Crippen LogP contribution in [-0.2, 0) is 0 Å². The molecule has 0 saturated carbocycles. The molecule has 0 aliphatic carbocycles. The summed E-state index contributed by atoms with van der Waals surface area (Å²) in [6.07, 6.45) is 1.39. The fourth-order valence-corrected chi connectivity index (χ4v) is 5.57. The zero-order valence-electron chi connectivity index (χ0n) is 18.3. The predicted molar refractivity (Wildman–Crippen MR) is 128 cm³/mol. The van der Waals surface area contributed by atoms with E-state index in [9.17, 15) is 27.9 Å². The number of carbonyl (C=O) groups is 1. The number of hydrogen-bond acceptors (Lipinski definition) is 5. The fourth-order valence-electron chi connectivity index (χ4n) is 4.34. The minimum Gasteiger partial charge on any atom is -0.394 e. The maximum atomic E-state index is 14.5. The molecule has 6 nitrogen and oxygen atoms in total. The molecule has 1 aliphatic rings. The van der Waals surface area contributed by atoms with Crippen LogP contribution in [0.25, 0.3) is 15.9 Å². The van der Waals surface area contributed by atoms with Crippen molar-refractivity contribution in [3.63, 3.8) is 0 Å². The van der Waals surface area contributed by atoms with E-state index in [1.54, 1.807) is 4.90 Å². The van der Waals surface area contributed by atoms with Crippen LogP contribution in [0.4, 0.5) is 24.5 Å². The van der Waals surface area contributed by atoms with Crippen LogP contribution < -0.4 is 10.9 Å². The highest BCUT2D eigenvalue weighted by Gasteiger charge is 2.32. The van der Waals surface area contributed by atoms with Crippen molar-refractivity contribution in [3.8, 4) is 5.69 Å². The molecule has 1 amide bonds. The Morgan fingerprint density at radius 1 is 1.06 bits per heavy atom. The second-order valence-electron chi connectivity index (χ2n) is 8.23. The number of fused-ring (bicyclic) bond motifs is 1. The average molecular weight is 500 g/mol. The van der Waals surface area contributed by atoms with Crippen molar-refractivity contribution < 1.29 is 23.1 Å². The predicted octanol–water partition coefficient (Wildman–Crippen LogP) is 4.81. The summed E-state index contributed by atoms with van der Waals surface area (Å²) >= 11 is 1.04. The molecule has 1 aliphatic heterocycles. The number of aliphatic hydroxyl groups is 1. The van der Waals surface area contributed by atoms with Crippen molar-refractivity contribution in [2.24, 2.45) is 0 Å². The molecule has 3 heterocycles. The van der Waals surface area contributed by atoms with Crippen molar-refractivity contribution in [1.29, 1.82) is 0 Å². The lowest BCUT2D eigenvalue weighted by molar-refractivity contribution is 0.0683. The lowest BCUT2D eigenvalue weighted by atomic mass is 10.2. The van der Waals surface area contributed by atoms with Gasteiger partial charge in [0.05, 0.1) is 29.7 Å². The Kier molecular flexibility index (Phi) is 6.08. The maximum Gasteiger partial charge on any atom is 0.266 e. The number of halogens is 3. The van der Waals surface area contributed by atoms with Crippen molar-refractivity contribution >= 4 is 38.8 Å². The molecule has 5 rings (SSSR count). The summed E-state index contributed by atoms with van der Waals surface area (Å²) in [4.78, 5) is 28.6. The van der Waals surface area contributed by atoms with Gasteiger partial charge >= 0.3 is 0 Å². The van der Waals surface area contributed by atoms with Gasteiger partial charge in [-0.05, 0) is 55.3 Å². The molecule has 180 valence electrons. The molecule has 0 radical (unpaired) electrons. The number of carbonyl (C=O) groups excluding carboxylic acids is 1. The molecule has 0 bridgehead atoms. The second-order valence-corrected chi connectivity index (χ2v) is 9.23. The van der Waals surface area contributed by atoms with Crippen LogP contribution in [0.15, 0.2) is 59.4 Å². The summed E-state index contributed by atoms with van der Waals surface area (Å²) in [5.41, 5.74) is 0.231. The highest BCUT2D eigenvalue weighted by molar-refractivity contribution is 7.21. The Hall–Kier alpha value is -3.63. The van der Waals surface area contributed by atoms with Crippen molar-refractivity contribution in [1.82, 2.24) is 9.47 Å². The van der Waals surface area contributed by atoms with E-state index in [0.717, 1.165) is 29.9 Å². The van der Waals surface area contributed by atoms with E-state index in [2.05, 4.69) is 5.32 Å². The number of rotatable bonds is 5. The lowest BCUT2D eigenvalue weighted by Gasteiger charge is -2.23. The molecule has 0 unspecified atom stereocenters. The molecule has 1 fully saturated rings. The van der Waals surface area contributed by atoms with E-state index < -0.39 is 23.0 Å². The van der Waals surface area contributed by atoms with Gasteiger partial charge in [-0.3, -0.25) is 14.2 Å². The third kappa shape index (κ3) is 4.19. The SMILES string of the molecule is O=C(c1sc2c(ccc(=O)n2-c2ccc(F)cc2)c1Nc1ccc(F)cc1F)N1CCC[C@@H]1CO. The van der Waals surface area contributed by atoms with Crippen LogP contribution in [0, 0.1) is 17.5 Å². The minimum atomic E-state index is -0.844. The van der Waals surface area contributed by atoms with Gasteiger partial charge in [0.1, 0.15) is 27.2 Å². The molecule has 2 N–H and O–H groups in total. The van der Waals surface area contributed by atoms with Gasteiger partial charge in [0.15, 0.2) is 0 Å². The Labute approximate surface area is 201 Å². The van der Waals surface area contributed by atoms with E-state index >= 15 is 0 Å². The molecule has 10 heteroatoms. The lowest BCUT2D eigenvalue weighted by Crippen LogP contribution is -2.37. The van der Waals surface area contributed by atoms with Gasteiger partial charge in [0.2, 0.25) is 0 Å². The first-order chi connectivity index (χ1) is 16.9. The van der Waals surface area contributed by atoms with Gasteiger partial charge in [-0.1, -0.05) is 0 Å². The summed E-state index contributed by atoms with van der Waals surface area (Å²) in [6.45, 7) is 0.264. The first kappa shape index (κ1) is 23.1. The molecular weight excluding hydrogens is 479 g/mol. The number of anilines is 2. The first-order valence-corrected chi connectivity index (χ1v) is 11.8. The third-order valence-corrected chi connectivity index (χ3v) is 7.24. The number of thiophene rings is 1. The molecule has 0 spiro atoms. The van der Waals surface area contributed by atoms with Crippen molar-refractivity contribution in [2.45, 2.75) is 18.9 Å². The molecular formula is C25H20F3N3O3S. The number of benzene rings is 2. The van der Waals surface area contributed by atoms with Gasteiger partial charge < -0.3 is 15.3 Å². The molecule has 2 aromatic heterocycles. The van der Waals surface area contributed by atoms with Gasteiger partial charge in [-0.25, -0.2) is 13.2 Å². The summed E-state index contributed by atoms with van der Waals surface area (Å²) in [6, 6.07) is 10.9. The van der Waals surface area contributed by atoms with Crippen LogP contribution in [0.3, 0.4) is 0 Å². The van der Waals surface area contributed by atoms with E-state index in [0.29, 0.717) is 28.9 Å². The molecule has 1 atom stereocenters. The highest BCUT2D eigenvalue weighted by atomic mass is 32.1. The average Bonchev–Trinajstić information content (AvgIpc) is 3.46. The van der Waals surface area contributed by atoms with Crippen LogP contribution in [-0.4, -0.2) is 39.7 Å². The number of aromatic nitrogens is 1. The van der Waals surface area contributed by atoms with Crippen LogP contribution in [0.2, 0.25) is 0 Å². The number of likely N-dealkylation sites (tertiary alicyclic amines) is 1. The second kappa shape index (κ2) is 9.20. The summed E-state index contributed by atoms with van der Waals surface area (Å²) in [5.74, 6) is -2.42. The van der Waals surface area contributed by atoms with Crippen LogP contribution in [0.5, 0.6) is 0 Å². The van der Waals surface area contributed by atoms with Gasteiger partial charge in [-0.15, -0.1) is 11.3 Å². The summed E-state index contributed by atoms with van der Waals surface area (Å²) < 4.78 is 42.9. The normalized spacial score (nSPS) is 15.7. The van der Waals surface area contributed by atoms with Crippen LogP contribution >= 0.6 is 11.3 Å². The van der Waals surface area contributed by atoms with Gasteiger partial charge in [0, 0.05) is 24.1 Å². The Balaban J connectivity index is 1.72.